The Kier molecular flexibility index (Phi) is 6.05. The molecule has 17 heavy (non-hydrogen) atoms. The van der Waals surface area contributed by atoms with E-state index in [-0.39, 0.29) is 11.9 Å². The fourth-order valence-corrected chi connectivity index (χ4v) is 2.08. The van der Waals surface area contributed by atoms with Crippen LogP contribution in [0, 0.1) is 0 Å². The van der Waals surface area contributed by atoms with E-state index in [9.17, 15) is 4.79 Å². The molecule has 0 aliphatic rings. The van der Waals surface area contributed by atoms with E-state index in [4.69, 9.17) is 4.74 Å². The zero-order valence-electron chi connectivity index (χ0n) is 10.2. The Morgan fingerprint density at radius 1 is 1.41 bits per heavy atom. The second kappa shape index (κ2) is 7.33. The van der Waals surface area contributed by atoms with Gasteiger partial charge in [-0.2, -0.15) is 0 Å². The van der Waals surface area contributed by atoms with Gasteiger partial charge in [-0.3, -0.25) is 4.79 Å². The number of amides is 1. The van der Waals surface area contributed by atoms with Gasteiger partial charge in [0.25, 0.3) is 0 Å². The summed E-state index contributed by atoms with van der Waals surface area (Å²) in [6, 6.07) is 7.76. The van der Waals surface area contributed by atoms with Gasteiger partial charge in [-0.25, -0.2) is 0 Å². The van der Waals surface area contributed by atoms with E-state index in [1.165, 1.54) is 0 Å². The molecule has 1 atom stereocenters. The van der Waals surface area contributed by atoms with E-state index >= 15 is 0 Å². The van der Waals surface area contributed by atoms with E-state index in [1.54, 1.807) is 7.11 Å². The van der Waals surface area contributed by atoms with Gasteiger partial charge in [0, 0.05) is 11.4 Å². The molecule has 0 aromatic heterocycles. The normalized spacial score (nSPS) is 11.9. The Morgan fingerprint density at radius 2 is 2.06 bits per heavy atom. The van der Waals surface area contributed by atoms with E-state index < -0.39 is 0 Å². The van der Waals surface area contributed by atoms with Crippen LogP contribution in [0.1, 0.15) is 18.9 Å². The standard InChI is InChI=1S/C13H18BrNO2/c1-3-11(9-14)15-13(16)8-10-4-6-12(17-2)7-5-10/h4-7,11H,3,8-9H2,1-2H3,(H,15,16). The van der Waals surface area contributed by atoms with Crippen molar-refractivity contribution >= 4 is 21.8 Å². The average molecular weight is 300 g/mol. The van der Waals surface area contributed by atoms with E-state index in [1.807, 2.05) is 24.3 Å². The van der Waals surface area contributed by atoms with Crippen molar-refractivity contribution in [3.63, 3.8) is 0 Å². The average Bonchev–Trinajstić information content (AvgIpc) is 2.37. The van der Waals surface area contributed by atoms with Crippen LogP contribution in [-0.4, -0.2) is 24.4 Å². The molecule has 0 aliphatic carbocycles. The molecule has 1 N–H and O–H groups in total. The number of hydrogen-bond acceptors (Lipinski definition) is 2. The highest BCUT2D eigenvalue weighted by molar-refractivity contribution is 9.09. The molecular weight excluding hydrogens is 282 g/mol. The van der Waals surface area contributed by atoms with Crippen LogP contribution in [0.25, 0.3) is 0 Å². The number of methoxy groups -OCH3 is 1. The molecule has 0 saturated carbocycles. The fourth-order valence-electron chi connectivity index (χ4n) is 1.46. The molecule has 0 fully saturated rings. The number of ether oxygens (including phenoxy) is 1. The number of benzene rings is 1. The number of halogens is 1. The quantitative estimate of drug-likeness (QED) is 0.820. The van der Waals surface area contributed by atoms with Crippen molar-refractivity contribution in [1.29, 1.82) is 0 Å². The molecule has 0 spiro atoms. The molecule has 0 aliphatic heterocycles. The minimum atomic E-state index is 0.0569. The first-order chi connectivity index (χ1) is 8.19. The summed E-state index contributed by atoms with van der Waals surface area (Å²) < 4.78 is 5.07. The van der Waals surface area contributed by atoms with Gasteiger partial charge in [0.15, 0.2) is 0 Å². The van der Waals surface area contributed by atoms with Crippen LogP contribution in [0.2, 0.25) is 0 Å². The van der Waals surface area contributed by atoms with Gasteiger partial charge in [-0.1, -0.05) is 35.0 Å². The molecule has 1 rings (SSSR count). The summed E-state index contributed by atoms with van der Waals surface area (Å²) in [5.74, 6) is 0.863. The predicted molar refractivity (Wildman–Crippen MR) is 72.7 cm³/mol. The first kappa shape index (κ1) is 14.0. The first-order valence-electron chi connectivity index (χ1n) is 5.67. The highest BCUT2D eigenvalue weighted by Gasteiger charge is 2.09. The minimum Gasteiger partial charge on any atom is -0.497 e. The monoisotopic (exact) mass is 299 g/mol. The van der Waals surface area contributed by atoms with Crippen molar-refractivity contribution in [3.8, 4) is 5.75 Å². The number of carbonyl (C=O) groups excluding carboxylic acids is 1. The Hall–Kier alpha value is -1.03. The Morgan fingerprint density at radius 3 is 2.53 bits per heavy atom. The first-order valence-corrected chi connectivity index (χ1v) is 6.80. The maximum absolute atomic E-state index is 11.7. The topological polar surface area (TPSA) is 38.3 Å². The second-order valence-electron chi connectivity index (χ2n) is 3.85. The van der Waals surface area contributed by atoms with Crippen LogP contribution < -0.4 is 10.1 Å². The zero-order valence-corrected chi connectivity index (χ0v) is 11.8. The number of carbonyl (C=O) groups is 1. The SMILES string of the molecule is CCC(CBr)NC(=O)Cc1ccc(OC)cc1. The van der Waals surface area contributed by atoms with Crippen molar-refractivity contribution in [2.75, 3.05) is 12.4 Å². The molecule has 1 amide bonds. The van der Waals surface area contributed by atoms with E-state index in [0.717, 1.165) is 23.1 Å². The lowest BCUT2D eigenvalue weighted by Crippen LogP contribution is -2.36. The van der Waals surface area contributed by atoms with Gasteiger partial charge in [-0.05, 0) is 24.1 Å². The van der Waals surface area contributed by atoms with Crippen LogP contribution in [-0.2, 0) is 11.2 Å². The lowest BCUT2D eigenvalue weighted by molar-refractivity contribution is -0.121. The molecule has 1 aromatic carbocycles. The molecule has 0 radical (unpaired) electrons. The zero-order chi connectivity index (χ0) is 12.7. The van der Waals surface area contributed by atoms with Crippen LogP contribution in [0.15, 0.2) is 24.3 Å². The summed E-state index contributed by atoms with van der Waals surface area (Å²) in [6.07, 6.45) is 1.34. The number of rotatable bonds is 6. The van der Waals surface area contributed by atoms with Gasteiger partial charge in [0.1, 0.15) is 5.75 Å². The molecule has 1 unspecified atom stereocenters. The molecule has 4 heteroatoms. The summed E-state index contributed by atoms with van der Waals surface area (Å²) in [7, 11) is 1.63. The molecule has 1 aromatic rings. The maximum atomic E-state index is 11.7. The predicted octanol–water partition coefficient (Wildman–Crippen LogP) is 2.53. The number of nitrogens with one attached hydrogen (secondary N) is 1. The van der Waals surface area contributed by atoms with Gasteiger partial charge in [0.2, 0.25) is 5.91 Å². The van der Waals surface area contributed by atoms with Crippen LogP contribution in [0.3, 0.4) is 0 Å². The third-order valence-electron chi connectivity index (χ3n) is 2.57. The third kappa shape index (κ3) is 4.77. The van der Waals surface area contributed by atoms with E-state index in [2.05, 4.69) is 28.2 Å². The molecule has 0 bridgehead atoms. The largest absolute Gasteiger partial charge is 0.497 e. The second-order valence-corrected chi connectivity index (χ2v) is 4.50. The van der Waals surface area contributed by atoms with Gasteiger partial charge in [0.05, 0.1) is 13.5 Å². The molecule has 0 saturated heterocycles. The smallest absolute Gasteiger partial charge is 0.224 e. The van der Waals surface area contributed by atoms with Crippen molar-refractivity contribution in [2.24, 2.45) is 0 Å². The third-order valence-corrected chi connectivity index (χ3v) is 3.35. The van der Waals surface area contributed by atoms with Gasteiger partial charge < -0.3 is 10.1 Å². The lowest BCUT2D eigenvalue weighted by atomic mass is 10.1. The Labute approximate surface area is 111 Å². The molecular formula is C13H18BrNO2. The van der Waals surface area contributed by atoms with E-state index in [0.29, 0.717) is 6.42 Å². The Bertz CT molecular complexity index is 347. The number of hydrogen-bond donors (Lipinski definition) is 1. The van der Waals surface area contributed by atoms with Crippen LogP contribution in [0.5, 0.6) is 5.75 Å². The van der Waals surface area contributed by atoms with Crippen molar-refractivity contribution in [1.82, 2.24) is 5.32 Å². The van der Waals surface area contributed by atoms with Gasteiger partial charge >= 0.3 is 0 Å². The summed E-state index contributed by atoms with van der Waals surface area (Å²) in [5.41, 5.74) is 0.993. The molecule has 94 valence electrons. The fraction of sp³-hybridized carbons (Fsp3) is 0.462. The highest BCUT2D eigenvalue weighted by Crippen LogP contribution is 2.11. The summed E-state index contributed by atoms with van der Waals surface area (Å²) >= 11 is 3.38. The lowest BCUT2D eigenvalue weighted by Gasteiger charge is -2.13. The highest BCUT2D eigenvalue weighted by atomic mass is 79.9. The number of alkyl halides is 1. The maximum Gasteiger partial charge on any atom is 0.224 e. The van der Waals surface area contributed by atoms with Crippen LogP contribution >= 0.6 is 15.9 Å². The van der Waals surface area contributed by atoms with Gasteiger partial charge in [-0.15, -0.1) is 0 Å². The summed E-state index contributed by atoms with van der Waals surface area (Å²) in [4.78, 5) is 11.7. The summed E-state index contributed by atoms with van der Waals surface area (Å²) in [6.45, 7) is 2.06. The molecule has 0 heterocycles. The van der Waals surface area contributed by atoms with Crippen molar-refractivity contribution < 1.29 is 9.53 Å². The van der Waals surface area contributed by atoms with Crippen LogP contribution in [0.4, 0.5) is 0 Å². The van der Waals surface area contributed by atoms with Crippen molar-refractivity contribution in [3.05, 3.63) is 29.8 Å². The summed E-state index contributed by atoms with van der Waals surface area (Å²) in [5, 5.41) is 3.77. The molecule has 3 nitrogen and oxygen atoms in total. The Balaban J connectivity index is 2.49. The minimum absolute atomic E-state index is 0.0569. The van der Waals surface area contributed by atoms with Crippen molar-refractivity contribution in [2.45, 2.75) is 25.8 Å².